The van der Waals surface area contributed by atoms with Gasteiger partial charge in [-0.15, -0.1) is 0 Å². The van der Waals surface area contributed by atoms with Crippen LogP contribution in [-0.4, -0.2) is 10.7 Å². The number of nitrogens with one attached hydrogen (secondary N) is 1. The van der Waals surface area contributed by atoms with Gasteiger partial charge in [0.15, 0.2) is 0 Å². The van der Waals surface area contributed by atoms with Crippen molar-refractivity contribution in [3.8, 4) is 0 Å². The second-order valence-corrected chi connectivity index (χ2v) is 8.76. The summed E-state index contributed by atoms with van der Waals surface area (Å²) in [6.45, 7) is 4.47. The molecule has 0 saturated carbocycles. The third kappa shape index (κ3) is 4.29. The third-order valence-electron chi connectivity index (χ3n) is 6.35. The molecule has 1 aliphatic heterocycles. The van der Waals surface area contributed by atoms with Crippen LogP contribution in [0.1, 0.15) is 49.0 Å². The van der Waals surface area contributed by atoms with Gasteiger partial charge in [0.1, 0.15) is 0 Å². The van der Waals surface area contributed by atoms with Crippen molar-refractivity contribution in [1.29, 1.82) is 0 Å². The Balaban J connectivity index is 1.77. The molecule has 150 valence electrons. The van der Waals surface area contributed by atoms with E-state index in [0.717, 1.165) is 0 Å². The van der Waals surface area contributed by atoms with Crippen molar-refractivity contribution >= 4 is 0 Å². The zero-order valence-corrected chi connectivity index (χ0v) is 17.3. The molecule has 1 fully saturated rings. The molecule has 0 radical (unpaired) electrons. The van der Waals surface area contributed by atoms with Crippen LogP contribution in [0.5, 0.6) is 0 Å². The largest absolute Gasteiger partial charge is 0.389 e. The van der Waals surface area contributed by atoms with Crippen LogP contribution in [0.4, 0.5) is 0 Å². The Labute approximate surface area is 174 Å². The standard InChI is InChI=1S/C27H31NO/c1-20(2)25-26(23-16-10-5-11-17-23)28-24(22-14-8-4-9-15-22)19-27(25,29)18-21-12-6-3-7-13-21/h3-17,20,24-26,28-29H,18-19H2,1-2H3/t24-,25-,26-,27+/m1/s1. The van der Waals surface area contributed by atoms with Gasteiger partial charge < -0.3 is 10.4 Å². The average Bonchev–Trinajstić information content (AvgIpc) is 2.74. The Bertz CT molecular complexity index is 894. The maximum Gasteiger partial charge on any atom is 0.0754 e. The van der Waals surface area contributed by atoms with Crippen molar-refractivity contribution in [2.24, 2.45) is 11.8 Å². The summed E-state index contributed by atoms with van der Waals surface area (Å²) in [7, 11) is 0. The lowest BCUT2D eigenvalue weighted by atomic mass is 9.64. The van der Waals surface area contributed by atoms with Crippen LogP contribution in [0, 0.1) is 11.8 Å². The van der Waals surface area contributed by atoms with E-state index >= 15 is 0 Å². The monoisotopic (exact) mass is 385 g/mol. The lowest BCUT2D eigenvalue weighted by Crippen LogP contribution is -2.56. The first kappa shape index (κ1) is 19.9. The molecule has 1 heterocycles. The number of benzene rings is 3. The first-order valence-electron chi connectivity index (χ1n) is 10.7. The molecule has 2 N–H and O–H groups in total. The Morgan fingerprint density at radius 2 is 1.34 bits per heavy atom. The quantitative estimate of drug-likeness (QED) is 0.590. The fraction of sp³-hybridized carbons (Fsp3) is 0.333. The molecule has 0 bridgehead atoms. The summed E-state index contributed by atoms with van der Waals surface area (Å²) in [6.07, 6.45) is 1.38. The van der Waals surface area contributed by atoms with E-state index in [4.69, 9.17) is 0 Å². The van der Waals surface area contributed by atoms with Crippen LogP contribution >= 0.6 is 0 Å². The van der Waals surface area contributed by atoms with Crippen LogP contribution in [0.15, 0.2) is 91.0 Å². The summed E-state index contributed by atoms with van der Waals surface area (Å²) < 4.78 is 0. The molecular formula is C27H31NO. The van der Waals surface area contributed by atoms with Gasteiger partial charge in [-0.05, 0) is 29.0 Å². The molecule has 4 atom stereocenters. The summed E-state index contributed by atoms with van der Waals surface area (Å²) >= 11 is 0. The average molecular weight is 386 g/mol. The molecule has 3 aromatic carbocycles. The summed E-state index contributed by atoms with van der Waals surface area (Å²) in [5.74, 6) is 0.461. The first-order valence-corrected chi connectivity index (χ1v) is 10.7. The fourth-order valence-electron chi connectivity index (χ4n) is 5.19. The van der Waals surface area contributed by atoms with Crippen molar-refractivity contribution in [3.63, 3.8) is 0 Å². The van der Waals surface area contributed by atoms with Gasteiger partial charge in [0.05, 0.1) is 5.60 Å². The number of hydrogen-bond acceptors (Lipinski definition) is 2. The van der Waals surface area contributed by atoms with Crippen LogP contribution < -0.4 is 5.32 Å². The summed E-state index contributed by atoms with van der Waals surface area (Å²) in [6, 6.07) is 31.8. The molecule has 3 aromatic rings. The molecule has 1 saturated heterocycles. The van der Waals surface area contributed by atoms with Crippen molar-refractivity contribution in [1.82, 2.24) is 5.32 Å². The zero-order valence-electron chi connectivity index (χ0n) is 17.3. The van der Waals surface area contributed by atoms with Gasteiger partial charge in [-0.1, -0.05) is 105 Å². The van der Waals surface area contributed by atoms with E-state index in [1.165, 1.54) is 16.7 Å². The number of hydrogen-bond donors (Lipinski definition) is 2. The molecule has 0 unspecified atom stereocenters. The highest BCUT2D eigenvalue weighted by molar-refractivity contribution is 5.29. The van der Waals surface area contributed by atoms with Crippen molar-refractivity contribution in [2.75, 3.05) is 0 Å². The molecule has 29 heavy (non-hydrogen) atoms. The Morgan fingerprint density at radius 3 is 1.90 bits per heavy atom. The number of aliphatic hydroxyl groups is 1. The summed E-state index contributed by atoms with van der Waals surface area (Å²) in [4.78, 5) is 0. The Morgan fingerprint density at radius 1 is 0.828 bits per heavy atom. The molecular weight excluding hydrogens is 354 g/mol. The van der Waals surface area contributed by atoms with E-state index in [1.54, 1.807) is 0 Å². The third-order valence-corrected chi connectivity index (χ3v) is 6.35. The van der Waals surface area contributed by atoms with Gasteiger partial charge in [-0.2, -0.15) is 0 Å². The second-order valence-electron chi connectivity index (χ2n) is 8.76. The highest BCUT2D eigenvalue weighted by atomic mass is 16.3. The van der Waals surface area contributed by atoms with E-state index in [-0.39, 0.29) is 18.0 Å². The molecule has 0 spiro atoms. The van der Waals surface area contributed by atoms with E-state index < -0.39 is 5.60 Å². The molecule has 0 amide bonds. The van der Waals surface area contributed by atoms with E-state index in [0.29, 0.717) is 18.8 Å². The molecule has 4 rings (SSSR count). The highest BCUT2D eigenvalue weighted by Gasteiger charge is 2.49. The second kappa shape index (κ2) is 8.52. The van der Waals surface area contributed by atoms with Gasteiger partial charge in [-0.25, -0.2) is 0 Å². The van der Waals surface area contributed by atoms with E-state index in [2.05, 4.69) is 98.0 Å². The van der Waals surface area contributed by atoms with Gasteiger partial charge in [-0.3, -0.25) is 0 Å². The molecule has 0 aromatic heterocycles. The molecule has 2 heteroatoms. The minimum absolute atomic E-state index is 0.101. The molecule has 1 aliphatic rings. The van der Waals surface area contributed by atoms with Crippen molar-refractivity contribution in [3.05, 3.63) is 108 Å². The maximum absolute atomic E-state index is 12.2. The first-order chi connectivity index (χ1) is 14.1. The highest BCUT2D eigenvalue weighted by Crippen LogP contribution is 2.47. The number of rotatable bonds is 5. The minimum Gasteiger partial charge on any atom is -0.389 e. The Kier molecular flexibility index (Phi) is 5.84. The molecule has 2 nitrogen and oxygen atoms in total. The van der Waals surface area contributed by atoms with Gasteiger partial charge in [0.25, 0.3) is 0 Å². The van der Waals surface area contributed by atoms with Gasteiger partial charge in [0, 0.05) is 24.4 Å². The smallest absolute Gasteiger partial charge is 0.0754 e. The lowest BCUT2D eigenvalue weighted by Gasteiger charge is -2.51. The van der Waals surface area contributed by atoms with Gasteiger partial charge in [0.2, 0.25) is 0 Å². The SMILES string of the molecule is CC(C)[C@@H]1[C@@H](c2ccccc2)N[C@@H](c2ccccc2)C[C@@]1(O)Cc1ccccc1. The van der Waals surface area contributed by atoms with Crippen LogP contribution in [0.3, 0.4) is 0 Å². The fourth-order valence-corrected chi connectivity index (χ4v) is 5.19. The van der Waals surface area contributed by atoms with E-state index in [1.807, 2.05) is 12.1 Å². The van der Waals surface area contributed by atoms with Crippen molar-refractivity contribution < 1.29 is 5.11 Å². The van der Waals surface area contributed by atoms with Crippen LogP contribution in [0.25, 0.3) is 0 Å². The summed E-state index contributed by atoms with van der Waals surface area (Å²) in [5.41, 5.74) is 2.89. The zero-order chi connectivity index (χ0) is 20.3. The van der Waals surface area contributed by atoms with Gasteiger partial charge >= 0.3 is 0 Å². The predicted molar refractivity (Wildman–Crippen MR) is 120 cm³/mol. The predicted octanol–water partition coefficient (Wildman–Crippen LogP) is 5.71. The minimum atomic E-state index is -0.790. The van der Waals surface area contributed by atoms with Crippen molar-refractivity contribution in [2.45, 2.75) is 44.4 Å². The van der Waals surface area contributed by atoms with Crippen LogP contribution in [-0.2, 0) is 6.42 Å². The molecule has 0 aliphatic carbocycles. The lowest BCUT2D eigenvalue weighted by molar-refractivity contribution is -0.0920. The van der Waals surface area contributed by atoms with E-state index in [9.17, 15) is 5.11 Å². The number of piperidine rings is 1. The maximum atomic E-state index is 12.2. The Hall–Kier alpha value is -2.42. The summed E-state index contributed by atoms with van der Waals surface area (Å²) in [5, 5.41) is 16.1. The topological polar surface area (TPSA) is 32.3 Å². The normalized spacial score (nSPS) is 27.1. The van der Waals surface area contributed by atoms with Crippen LogP contribution in [0.2, 0.25) is 0 Å².